The lowest BCUT2D eigenvalue weighted by atomic mass is 10.1. The fraction of sp³-hybridized carbons (Fsp3) is 0.421. The molecular formula is C19H27N3O2. The molecule has 0 bridgehead atoms. The quantitative estimate of drug-likeness (QED) is 0.751. The molecule has 1 N–H and O–H groups in total. The van der Waals surface area contributed by atoms with Crippen LogP contribution in [-0.2, 0) is 24.8 Å². The molecule has 0 radical (unpaired) electrons. The number of nitrogens with zero attached hydrogens (tertiary/aromatic N) is 2. The maximum Gasteiger partial charge on any atom is 0.322 e. The number of para-hydroxylation sites is 1. The van der Waals surface area contributed by atoms with E-state index in [9.17, 15) is 4.79 Å². The van der Waals surface area contributed by atoms with Gasteiger partial charge in [0.15, 0.2) is 0 Å². The molecule has 2 amide bonds. The topological polar surface area (TPSA) is 46.5 Å². The molecule has 0 fully saturated rings. The predicted octanol–water partition coefficient (Wildman–Crippen LogP) is 3.66. The average Bonchev–Trinajstić information content (AvgIpc) is 2.99. The van der Waals surface area contributed by atoms with E-state index in [4.69, 9.17) is 4.74 Å². The number of nitrogens with one attached hydrogen (secondary N) is 1. The lowest BCUT2D eigenvalue weighted by molar-refractivity contribution is 0.171. The number of rotatable bonds is 8. The van der Waals surface area contributed by atoms with Crippen LogP contribution in [0.25, 0.3) is 0 Å². The summed E-state index contributed by atoms with van der Waals surface area (Å²) in [4.78, 5) is 14.6. The van der Waals surface area contributed by atoms with Gasteiger partial charge in [0.05, 0.1) is 6.54 Å². The fourth-order valence-electron chi connectivity index (χ4n) is 2.65. The van der Waals surface area contributed by atoms with E-state index in [0.717, 1.165) is 29.8 Å². The van der Waals surface area contributed by atoms with Gasteiger partial charge in [0.2, 0.25) is 0 Å². The predicted molar refractivity (Wildman–Crippen MR) is 97.2 cm³/mol. The Morgan fingerprint density at radius 3 is 2.71 bits per heavy atom. The Labute approximate surface area is 144 Å². The molecule has 0 atom stereocenters. The van der Waals surface area contributed by atoms with Crippen LogP contribution < -0.4 is 5.32 Å². The Hall–Kier alpha value is -2.27. The minimum atomic E-state index is -0.0757. The molecule has 1 heterocycles. The Balaban J connectivity index is 2.09. The van der Waals surface area contributed by atoms with Crippen LogP contribution in [0.2, 0.25) is 0 Å². The van der Waals surface area contributed by atoms with Crippen LogP contribution in [-0.4, -0.2) is 35.8 Å². The molecule has 2 aromatic rings. The van der Waals surface area contributed by atoms with E-state index in [2.05, 4.69) is 12.2 Å². The van der Waals surface area contributed by atoms with Gasteiger partial charge in [-0.3, -0.25) is 0 Å². The first kappa shape index (κ1) is 18.1. The van der Waals surface area contributed by atoms with Crippen LogP contribution in [0.4, 0.5) is 10.5 Å². The summed E-state index contributed by atoms with van der Waals surface area (Å²) < 4.78 is 7.16. The molecule has 0 saturated heterocycles. The Morgan fingerprint density at radius 1 is 1.25 bits per heavy atom. The molecule has 0 aliphatic heterocycles. The van der Waals surface area contributed by atoms with E-state index in [1.54, 1.807) is 7.11 Å². The molecule has 0 saturated carbocycles. The van der Waals surface area contributed by atoms with Gasteiger partial charge in [-0.25, -0.2) is 4.79 Å². The van der Waals surface area contributed by atoms with Crippen LogP contribution in [0.3, 0.4) is 0 Å². The summed E-state index contributed by atoms with van der Waals surface area (Å²) >= 11 is 0. The van der Waals surface area contributed by atoms with Gasteiger partial charge < -0.3 is 19.5 Å². The highest BCUT2D eigenvalue weighted by molar-refractivity contribution is 5.90. The summed E-state index contributed by atoms with van der Waals surface area (Å²) in [6, 6.07) is 11.9. The van der Waals surface area contributed by atoms with Crippen LogP contribution in [0, 0.1) is 0 Å². The highest BCUT2D eigenvalue weighted by atomic mass is 16.5. The summed E-state index contributed by atoms with van der Waals surface area (Å²) in [5.41, 5.74) is 3.13. The smallest absolute Gasteiger partial charge is 0.322 e. The van der Waals surface area contributed by atoms with Crippen molar-refractivity contribution in [2.75, 3.05) is 25.6 Å². The number of amides is 2. The first-order valence-corrected chi connectivity index (χ1v) is 8.38. The minimum absolute atomic E-state index is 0.0757. The van der Waals surface area contributed by atoms with Gasteiger partial charge in [-0.2, -0.15) is 0 Å². The van der Waals surface area contributed by atoms with Gasteiger partial charge >= 0.3 is 6.03 Å². The van der Waals surface area contributed by atoms with Crippen molar-refractivity contribution < 1.29 is 9.53 Å². The van der Waals surface area contributed by atoms with Crippen molar-refractivity contribution in [1.29, 1.82) is 0 Å². The Kier molecular flexibility index (Phi) is 6.88. The zero-order chi connectivity index (χ0) is 17.4. The van der Waals surface area contributed by atoms with Crippen LogP contribution in [0.1, 0.15) is 24.6 Å². The van der Waals surface area contributed by atoms with E-state index in [-0.39, 0.29) is 6.03 Å². The first-order chi connectivity index (χ1) is 11.7. The van der Waals surface area contributed by atoms with Gasteiger partial charge in [-0.05, 0) is 36.6 Å². The first-order valence-electron chi connectivity index (χ1n) is 8.38. The molecule has 2 rings (SSSR count). The number of methoxy groups -OCH3 is 1. The van der Waals surface area contributed by atoms with Gasteiger partial charge in [0.1, 0.15) is 0 Å². The molecule has 1 aromatic carbocycles. The maximum absolute atomic E-state index is 12.8. The fourth-order valence-corrected chi connectivity index (χ4v) is 2.65. The molecule has 5 heteroatoms. The van der Waals surface area contributed by atoms with Crippen LogP contribution >= 0.6 is 0 Å². The standard InChI is InChI=1S/C19H27N3O2/c1-4-16-9-5-6-11-18(16)20-19(23)22(13-8-14-24-3)15-17-10-7-12-21(17)2/h5-7,9-12H,4,8,13-15H2,1-3H3,(H,20,23). The molecule has 1 aromatic heterocycles. The van der Waals surface area contributed by atoms with Crippen molar-refractivity contribution in [1.82, 2.24) is 9.47 Å². The number of carbonyl (C=O) groups excluding carboxylic acids is 1. The Bertz CT molecular complexity index is 652. The molecule has 5 nitrogen and oxygen atoms in total. The number of anilines is 1. The molecular weight excluding hydrogens is 302 g/mol. The number of urea groups is 1. The molecule has 0 aliphatic rings. The van der Waals surface area contributed by atoms with Gasteiger partial charge in [-0.1, -0.05) is 25.1 Å². The summed E-state index contributed by atoms with van der Waals surface area (Å²) in [5, 5.41) is 3.06. The van der Waals surface area contributed by atoms with Crippen molar-refractivity contribution >= 4 is 11.7 Å². The van der Waals surface area contributed by atoms with Gasteiger partial charge in [-0.15, -0.1) is 0 Å². The minimum Gasteiger partial charge on any atom is -0.385 e. The summed E-state index contributed by atoms with van der Waals surface area (Å²) in [7, 11) is 3.67. The molecule has 24 heavy (non-hydrogen) atoms. The van der Waals surface area contributed by atoms with Crippen molar-refractivity contribution in [2.45, 2.75) is 26.3 Å². The third kappa shape index (κ3) is 4.86. The number of benzene rings is 1. The number of aromatic nitrogens is 1. The van der Waals surface area contributed by atoms with Gasteiger partial charge in [0.25, 0.3) is 0 Å². The van der Waals surface area contributed by atoms with Crippen molar-refractivity contribution in [3.63, 3.8) is 0 Å². The number of aryl methyl sites for hydroxylation is 2. The van der Waals surface area contributed by atoms with Crippen molar-refractivity contribution in [3.05, 3.63) is 53.9 Å². The third-order valence-corrected chi connectivity index (χ3v) is 4.11. The SMILES string of the molecule is CCc1ccccc1NC(=O)N(CCCOC)Cc1cccn1C. The number of hydrogen-bond acceptors (Lipinski definition) is 2. The Morgan fingerprint density at radius 2 is 2.04 bits per heavy atom. The largest absolute Gasteiger partial charge is 0.385 e. The van der Waals surface area contributed by atoms with E-state index < -0.39 is 0 Å². The summed E-state index contributed by atoms with van der Waals surface area (Å²) in [6.07, 6.45) is 3.69. The zero-order valence-electron chi connectivity index (χ0n) is 14.8. The molecule has 0 spiro atoms. The van der Waals surface area contributed by atoms with E-state index in [0.29, 0.717) is 19.7 Å². The molecule has 130 valence electrons. The van der Waals surface area contributed by atoms with Crippen molar-refractivity contribution in [2.24, 2.45) is 7.05 Å². The highest BCUT2D eigenvalue weighted by Gasteiger charge is 2.16. The second-order valence-corrected chi connectivity index (χ2v) is 5.82. The zero-order valence-corrected chi connectivity index (χ0v) is 14.8. The van der Waals surface area contributed by atoms with E-state index in [1.165, 1.54) is 0 Å². The second-order valence-electron chi connectivity index (χ2n) is 5.82. The second kappa shape index (κ2) is 9.13. The van der Waals surface area contributed by atoms with Gasteiger partial charge in [0, 0.05) is 44.9 Å². The normalized spacial score (nSPS) is 10.6. The maximum atomic E-state index is 12.8. The van der Waals surface area contributed by atoms with Crippen LogP contribution in [0.15, 0.2) is 42.6 Å². The molecule has 0 unspecified atom stereocenters. The lowest BCUT2D eigenvalue weighted by Crippen LogP contribution is -2.36. The molecule has 0 aliphatic carbocycles. The number of ether oxygens (including phenoxy) is 1. The number of hydrogen-bond donors (Lipinski definition) is 1. The third-order valence-electron chi connectivity index (χ3n) is 4.11. The summed E-state index contributed by atoms with van der Waals surface area (Å²) in [6.45, 7) is 3.96. The number of carbonyl (C=O) groups is 1. The highest BCUT2D eigenvalue weighted by Crippen LogP contribution is 2.17. The lowest BCUT2D eigenvalue weighted by Gasteiger charge is -2.24. The van der Waals surface area contributed by atoms with E-state index >= 15 is 0 Å². The monoisotopic (exact) mass is 329 g/mol. The van der Waals surface area contributed by atoms with Crippen molar-refractivity contribution in [3.8, 4) is 0 Å². The van der Waals surface area contributed by atoms with Crippen LogP contribution in [0.5, 0.6) is 0 Å². The average molecular weight is 329 g/mol. The van der Waals surface area contributed by atoms with E-state index in [1.807, 2.05) is 59.1 Å². The summed E-state index contributed by atoms with van der Waals surface area (Å²) in [5.74, 6) is 0.